The summed E-state index contributed by atoms with van der Waals surface area (Å²) in [6.07, 6.45) is 3.42. The Morgan fingerprint density at radius 1 is 0.758 bits per heavy atom. The van der Waals surface area contributed by atoms with Crippen LogP contribution in [0.3, 0.4) is 0 Å². The number of rotatable bonds is 1. The molecule has 2 aliphatic rings. The quantitative estimate of drug-likeness (QED) is 0.272. The molecule has 0 saturated heterocycles. The van der Waals surface area contributed by atoms with Crippen LogP contribution in [0, 0.1) is 0 Å². The number of fused-ring (bicyclic) bond motifs is 10. The maximum atomic E-state index is 3.69. The van der Waals surface area contributed by atoms with Crippen LogP contribution in [0.25, 0.3) is 37.2 Å². The van der Waals surface area contributed by atoms with Gasteiger partial charge in [-0.05, 0) is 47.9 Å². The minimum absolute atomic E-state index is 0.363. The normalized spacial score (nSPS) is 16.8. The van der Waals surface area contributed by atoms with Crippen LogP contribution in [0.2, 0.25) is 0 Å². The van der Waals surface area contributed by atoms with E-state index in [-0.39, 0.29) is 0 Å². The molecule has 2 nitrogen and oxygen atoms in total. The predicted octanol–water partition coefficient (Wildman–Crippen LogP) is 8.37. The third-order valence-electron chi connectivity index (χ3n) is 7.33. The van der Waals surface area contributed by atoms with Gasteiger partial charge in [0.2, 0.25) is 0 Å². The molecule has 1 aliphatic heterocycles. The molecule has 0 radical (unpaired) electrons. The van der Waals surface area contributed by atoms with Crippen molar-refractivity contribution >= 4 is 59.9 Å². The number of para-hydroxylation sites is 2. The molecule has 0 saturated carbocycles. The highest BCUT2D eigenvalue weighted by atomic mass is 32.1. The zero-order valence-corrected chi connectivity index (χ0v) is 18.7. The van der Waals surface area contributed by atoms with Crippen LogP contribution >= 0.6 is 11.3 Å². The smallest absolute Gasteiger partial charge is 0.0676 e. The van der Waals surface area contributed by atoms with E-state index in [4.69, 9.17) is 0 Å². The molecular weight excluding hydrogens is 420 g/mol. The lowest BCUT2D eigenvalue weighted by molar-refractivity contribution is 0.802. The molecule has 0 fully saturated rings. The van der Waals surface area contributed by atoms with Crippen molar-refractivity contribution < 1.29 is 0 Å². The first kappa shape index (κ1) is 17.7. The average Bonchev–Trinajstić information content (AvgIpc) is 3.52. The highest BCUT2D eigenvalue weighted by Gasteiger charge is 2.39. The van der Waals surface area contributed by atoms with Gasteiger partial charge in [-0.25, -0.2) is 0 Å². The Morgan fingerprint density at radius 3 is 2.45 bits per heavy atom. The summed E-state index contributed by atoms with van der Waals surface area (Å²) in [5.74, 6) is 0.363. The van der Waals surface area contributed by atoms with E-state index >= 15 is 0 Å². The summed E-state index contributed by atoms with van der Waals surface area (Å²) in [7, 11) is 0. The zero-order valence-electron chi connectivity index (χ0n) is 17.9. The molecule has 1 unspecified atom stereocenters. The summed E-state index contributed by atoms with van der Waals surface area (Å²) < 4.78 is 2.75. The second-order valence-corrected chi connectivity index (χ2v) is 10.1. The van der Waals surface area contributed by atoms with Crippen LogP contribution in [-0.2, 0) is 6.42 Å². The molecule has 1 atom stereocenters. The topological polar surface area (TPSA) is 19.0 Å². The summed E-state index contributed by atoms with van der Waals surface area (Å²) in [6.45, 7) is 0. The second-order valence-electron chi connectivity index (χ2n) is 9.04. The molecular formula is C30H20N2S. The van der Waals surface area contributed by atoms with Crippen molar-refractivity contribution in [3.8, 4) is 0 Å². The van der Waals surface area contributed by atoms with Crippen LogP contribution in [0.4, 0.5) is 11.4 Å². The Balaban J connectivity index is 1.45. The molecule has 6 aromatic rings. The molecule has 4 aromatic carbocycles. The third-order valence-corrected chi connectivity index (χ3v) is 8.52. The summed E-state index contributed by atoms with van der Waals surface area (Å²) in [5.41, 5.74) is 9.34. The second kappa shape index (κ2) is 6.37. The van der Waals surface area contributed by atoms with Crippen LogP contribution in [-0.4, -0.2) is 4.98 Å². The van der Waals surface area contributed by atoms with Crippen LogP contribution in [0.1, 0.15) is 22.7 Å². The van der Waals surface area contributed by atoms with Crippen molar-refractivity contribution in [2.75, 3.05) is 4.90 Å². The van der Waals surface area contributed by atoms with Crippen molar-refractivity contribution in [3.05, 3.63) is 114 Å². The largest absolute Gasteiger partial charge is 0.355 e. The fraction of sp³-hybridized carbons (Fsp3) is 0.0667. The summed E-state index contributed by atoms with van der Waals surface area (Å²) in [6, 6.07) is 33.1. The van der Waals surface area contributed by atoms with E-state index in [2.05, 4.69) is 107 Å². The fourth-order valence-electron chi connectivity index (χ4n) is 5.90. The van der Waals surface area contributed by atoms with Crippen LogP contribution < -0.4 is 4.90 Å². The number of anilines is 2. The van der Waals surface area contributed by atoms with E-state index < -0.39 is 0 Å². The lowest BCUT2D eigenvalue weighted by Crippen LogP contribution is -2.17. The highest BCUT2D eigenvalue weighted by Crippen LogP contribution is 2.56. The monoisotopic (exact) mass is 440 g/mol. The molecule has 0 spiro atoms. The van der Waals surface area contributed by atoms with Crippen molar-refractivity contribution in [1.29, 1.82) is 0 Å². The van der Waals surface area contributed by atoms with Gasteiger partial charge in [-0.2, -0.15) is 0 Å². The first-order valence-electron chi connectivity index (χ1n) is 11.5. The highest BCUT2D eigenvalue weighted by molar-refractivity contribution is 7.26. The van der Waals surface area contributed by atoms with Crippen LogP contribution in [0.15, 0.2) is 96.7 Å². The molecule has 33 heavy (non-hydrogen) atoms. The number of H-pyrrole nitrogens is 1. The summed E-state index contributed by atoms with van der Waals surface area (Å²) in [5, 5.41) is 4.07. The number of thiophene rings is 1. The van der Waals surface area contributed by atoms with Gasteiger partial charge < -0.3 is 9.88 Å². The van der Waals surface area contributed by atoms with Gasteiger partial charge in [0, 0.05) is 49.4 Å². The number of nitrogens with one attached hydrogen (secondary N) is 1. The SMILES string of the molecule is C1=C2C(Cc3c1[nH]c1ccccc31)c1ccc3c(sc4ccccc43)c1N2c1ccccc1. The first-order valence-corrected chi connectivity index (χ1v) is 12.3. The summed E-state index contributed by atoms with van der Waals surface area (Å²) >= 11 is 1.92. The summed E-state index contributed by atoms with van der Waals surface area (Å²) in [4.78, 5) is 6.21. The van der Waals surface area contributed by atoms with Gasteiger partial charge in [0.1, 0.15) is 0 Å². The van der Waals surface area contributed by atoms with E-state index in [1.165, 1.54) is 65.0 Å². The average molecular weight is 441 g/mol. The van der Waals surface area contributed by atoms with Gasteiger partial charge in [-0.3, -0.25) is 0 Å². The van der Waals surface area contributed by atoms with E-state index in [0.29, 0.717) is 5.92 Å². The zero-order chi connectivity index (χ0) is 21.5. The molecule has 156 valence electrons. The van der Waals surface area contributed by atoms with Gasteiger partial charge in [0.25, 0.3) is 0 Å². The van der Waals surface area contributed by atoms with Crippen molar-refractivity contribution in [3.63, 3.8) is 0 Å². The minimum Gasteiger partial charge on any atom is -0.355 e. The van der Waals surface area contributed by atoms with Gasteiger partial charge in [-0.15, -0.1) is 11.3 Å². The molecule has 2 aromatic heterocycles. The maximum absolute atomic E-state index is 3.69. The molecule has 8 rings (SSSR count). The molecule has 3 heterocycles. The van der Waals surface area contributed by atoms with E-state index in [9.17, 15) is 0 Å². The fourth-order valence-corrected chi connectivity index (χ4v) is 7.15. The molecule has 1 N–H and O–H groups in total. The van der Waals surface area contributed by atoms with Gasteiger partial charge in [-0.1, -0.05) is 66.7 Å². The Bertz CT molecular complexity index is 1750. The van der Waals surface area contributed by atoms with Crippen molar-refractivity contribution in [1.82, 2.24) is 4.98 Å². The lowest BCUT2D eigenvalue weighted by Gasteiger charge is -2.26. The van der Waals surface area contributed by atoms with Crippen molar-refractivity contribution in [2.45, 2.75) is 12.3 Å². The van der Waals surface area contributed by atoms with Crippen LogP contribution in [0.5, 0.6) is 0 Å². The Labute approximate surface area is 195 Å². The number of hydrogen-bond donors (Lipinski definition) is 1. The number of aromatic amines is 1. The van der Waals surface area contributed by atoms with E-state index in [0.717, 1.165) is 6.42 Å². The molecule has 0 amide bonds. The first-order chi connectivity index (χ1) is 16.4. The van der Waals surface area contributed by atoms with Gasteiger partial charge in [0.05, 0.1) is 10.4 Å². The van der Waals surface area contributed by atoms with Gasteiger partial charge >= 0.3 is 0 Å². The molecule has 1 aliphatic carbocycles. The third kappa shape index (κ3) is 2.32. The number of nitrogens with zero attached hydrogens (tertiary/aromatic N) is 1. The Hall–Kier alpha value is -3.82. The van der Waals surface area contributed by atoms with E-state index in [1.54, 1.807) is 0 Å². The molecule has 3 heteroatoms. The minimum atomic E-state index is 0.363. The maximum Gasteiger partial charge on any atom is 0.0676 e. The lowest BCUT2D eigenvalue weighted by atomic mass is 9.86. The molecule has 0 bridgehead atoms. The predicted molar refractivity (Wildman–Crippen MR) is 141 cm³/mol. The standard InChI is InChI=1S/C30H20N2S/c1-2-8-18(9-3-1)32-27-17-26-23(19-10-4-6-12-25(19)31-26)16-24(27)21-14-15-22-20-11-5-7-13-28(20)33-30(22)29(21)32/h1-15,17,24,31H,16H2. The Kier molecular flexibility index (Phi) is 3.42. The number of hydrogen-bond acceptors (Lipinski definition) is 2. The Morgan fingerprint density at radius 2 is 1.55 bits per heavy atom. The number of aromatic nitrogens is 1. The van der Waals surface area contributed by atoms with Crippen molar-refractivity contribution in [2.24, 2.45) is 0 Å². The van der Waals surface area contributed by atoms with E-state index in [1.807, 2.05) is 11.3 Å². The number of allylic oxidation sites excluding steroid dienone is 1. The van der Waals surface area contributed by atoms with Gasteiger partial charge in [0.15, 0.2) is 0 Å². The number of benzene rings is 4.